The molecule has 0 fully saturated rings. The zero-order valence-corrected chi connectivity index (χ0v) is 18.6. The van der Waals surface area contributed by atoms with Crippen LogP contribution in [0, 0.1) is 0 Å². The number of carbonyl (C=O) groups is 1. The van der Waals surface area contributed by atoms with Gasteiger partial charge in [0.05, 0.1) is 17.7 Å². The lowest BCUT2D eigenvalue weighted by Crippen LogP contribution is -2.35. The highest BCUT2D eigenvalue weighted by Gasteiger charge is 2.36. The van der Waals surface area contributed by atoms with Crippen LogP contribution in [0.1, 0.15) is 22.8 Å². The third kappa shape index (κ3) is 4.11. The molecule has 6 nitrogen and oxygen atoms in total. The Hall–Kier alpha value is -3.03. The zero-order valence-electron chi connectivity index (χ0n) is 17.0. The Morgan fingerprint density at radius 3 is 2.39 bits per heavy atom. The lowest BCUT2D eigenvalue weighted by atomic mass is 10.1. The quantitative estimate of drug-likeness (QED) is 0.601. The Morgan fingerprint density at radius 2 is 1.74 bits per heavy atom. The number of ether oxygens (including phenoxy) is 1. The maximum absolute atomic E-state index is 13.2. The minimum Gasteiger partial charge on any atom is -0.497 e. The number of methoxy groups -OCH3 is 1. The fraction of sp³-hybridized carbons (Fsp3) is 0.174. The summed E-state index contributed by atoms with van der Waals surface area (Å²) in [6, 6.07) is 18.0. The molecule has 31 heavy (non-hydrogen) atoms. The molecule has 0 radical (unpaired) electrons. The van der Waals surface area contributed by atoms with Crippen LogP contribution in [-0.4, -0.2) is 27.5 Å². The molecule has 0 saturated heterocycles. The first-order valence-corrected chi connectivity index (χ1v) is 11.5. The largest absolute Gasteiger partial charge is 0.497 e. The van der Waals surface area contributed by atoms with E-state index < -0.39 is 10.0 Å². The van der Waals surface area contributed by atoms with Crippen LogP contribution >= 0.6 is 11.6 Å². The fourth-order valence-electron chi connectivity index (χ4n) is 3.71. The molecule has 0 aliphatic carbocycles. The molecule has 0 spiro atoms. The molecule has 1 heterocycles. The minimum atomic E-state index is -3.74. The van der Waals surface area contributed by atoms with E-state index >= 15 is 0 Å². The van der Waals surface area contributed by atoms with E-state index in [-0.39, 0.29) is 16.8 Å². The van der Waals surface area contributed by atoms with Gasteiger partial charge in [-0.15, -0.1) is 0 Å². The number of nitrogens with one attached hydrogen (secondary N) is 1. The van der Waals surface area contributed by atoms with Crippen LogP contribution in [0.4, 0.5) is 11.4 Å². The van der Waals surface area contributed by atoms with Gasteiger partial charge in [0.15, 0.2) is 0 Å². The highest BCUT2D eigenvalue weighted by Crippen LogP contribution is 2.37. The van der Waals surface area contributed by atoms with Crippen LogP contribution in [0.3, 0.4) is 0 Å². The summed E-state index contributed by atoms with van der Waals surface area (Å²) in [5, 5.41) is 3.32. The number of fused-ring (bicyclic) bond motifs is 1. The summed E-state index contributed by atoms with van der Waals surface area (Å²) in [5.41, 5.74) is 2.51. The van der Waals surface area contributed by atoms with Crippen molar-refractivity contribution in [1.82, 2.24) is 0 Å². The molecular formula is C23H21ClN2O4S. The number of nitrogens with zero attached hydrogens (tertiary/aromatic N) is 1. The molecule has 1 atom stereocenters. The van der Waals surface area contributed by atoms with Crippen LogP contribution in [0.15, 0.2) is 71.6 Å². The molecule has 4 rings (SSSR count). The van der Waals surface area contributed by atoms with Gasteiger partial charge in [0, 0.05) is 22.3 Å². The molecule has 0 saturated carbocycles. The van der Waals surface area contributed by atoms with Crippen molar-refractivity contribution >= 4 is 38.9 Å². The van der Waals surface area contributed by atoms with Gasteiger partial charge < -0.3 is 10.1 Å². The Bertz CT molecular complexity index is 1230. The summed E-state index contributed by atoms with van der Waals surface area (Å²) in [6.45, 7) is 1.85. The van der Waals surface area contributed by atoms with Gasteiger partial charge in [-0.2, -0.15) is 0 Å². The van der Waals surface area contributed by atoms with Gasteiger partial charge in [0.2, 0.25) is 0 Å². The van der Waals surface area contributed by atoms with E-state index in [4.69, 9.17) is 16.3 Å². The maximum atomic E-state index is 13.2. The molecule has 1 aliphatic heterocycles. The second-order valence-electron chi connectivity index (χ2n) is 7.33. The third-order valence-electron chi connectivity index (χ3n) is 5.21. The second kappa shape index (κ2) is 8.24. The number of carbonyl (C=O) groups excluding carboxylic acids is 1. The molecule has 3 aromatic carbocycles. The monoisotopic (exact) mass is 456 g/mol. The lowest BCUT2D eigenvalue weighted by molar-refractivity contribution is 0.102. The molecule has 8 heteroatoms. The van der Waals surface area contributed by atoms with Crippen molar-refractivity contribution in [2.75, 3.05) is 16.7 Å². The topological polar surface area (TPSA) is 75.7 Å². The Morgan fingerprint density at radius 1 is 1.06 bits per heavy atom. The molecule has 1 N–H and O–H groups in total. The van der Waals surface area contributed by atoms with E-state index in [1.165, 1.54) is 16.4 Å². The van der Waals surface area contributed by atoms with Crippen LogP contribution in [0.25, 0.3) is 0 Å². The van der Waals surface area contributed by atoms with Crippen LogP contribution in [0.5, 0.6) is 5.75 Å². The molecule has 160 valence electrons. The first kappa shape index (κ1) is 21.2. The highest BCUT2D eigenvalue weighted by molar-refractivity contribution is 7.92. The minimum absolute atomic E-state index is 0.179. The van der Waals surface area contributed by atoms with Gasteiger partial charge in [-0.1, -0.05) is 11.6 Å². The van der Waals surface area contributed by atoms with E-state index in [1.54, 1.807) is 61.7 Å². The van der Waals surface area contributed by atoms with Gasteiger partial charge >= 0.3 is 0 Å². The number of rotatable bonds is 5. The van der Waals surface area contributed by atoms with E-state index in [1.807, 2.05) is 6.92 Å². The molecule has 1 amide bonds. The van der Waals surface area contributed by atoms with Crippen LogP contribution < -0.4 is 14.4 Å². The molecular weight excluding hydrogens is 436 g/mol. The van der Waals surface area contributed by atoms with Gasteiger partial charge in [0.1, 0.15) is 5.75 Å². The number of halogens is 1. The first-order chi connectivity index (χ1) is 14.8. The number of sulfonamides is 1. The van der Waals surface area contributed by atoms with Gasteiger partial charge in [-0.3, -0.25) is 9.10 Å². The van der Waals surface area contributed by atoms with Crippen molar-refractivity contribution < 1.29 is 17.9 Å². The number of benzene rings is 3. The normalized spacial score (nSPS) is 15.5. The van der Waals surface area contributed by atoms with Crippen molar-refractivity contribution in [3.05, 3.63) is 82.9 Å². The Labute approximate surface area is 186 Å². The smallest absolute Gasteiger partial charge is 0.264 e. The molecule has 0 unspecified atom stereocenters. The number of hydrogen-bond acceptors (Lipinski definition) is 4. The van der Waals surface area contributed by atoms with Crippen LogP contribution in [0.2, 0.25) is 5.02 Å². The molecule has 1 aliphatic rings. The third-order valence-corrected chi connectivity index (χ3v) is 7.41. The van der Waals surface area contributed by atoms with Crippen LogP contribution in [-0.2, 0) is 16.4 Å². The second-order valence-corrected chi connectivity index (χ2v) is 9.59. The average Bonchev–Trinajstić information content (AvgIpc) is 3.10. The first-order valence-electron chi connectivity index (χ1n) is 9.68. The standard InChI is InChI=1S/C23H21ClN2O4S/c1-15-13-17-14-16(23(27)25-19-6-8-20(30-2)9-7-19)3-12-22(17)26(15)31(28,29)21-10-4-18(24)5-11-21/h3-12,14-15H,13H2,1-2H3,(H,25,27)/t15-/m0/s1. The predicted octanol–water partition coefficient (Wildman–Crippen LogP) is 4.74. The zero-order chi connectivity index (χ0) is 22.2. The molecule has 0 aromatic heterocycles. The Balaban J connectivity index is 1.60. The summed E-state index contributed by atoms with van der Waals surface area (Å²) in [7, 11) is -2.17. The van der Waals surface area contributed by atoms with Crippen molar-refractivity contribution in [3.63, 3.8) is 0 Å². The van der Waals surface area contributed by atoms with Crippen molar-refractivity contribution in [1.29, 1.82) is 0 Å². The van der Waals surface area contributed by atoms with E-state index in [9.17, 15) is 13.2 Å². The maximum Gasteiger partial charge on any atom is 0.264 e. The summed E-state index contributed by atoms with van der Waals surface area (Å²) in [5.74, 6) is 0.436. The van der Waals surface area contributed by atoms with E-state index in [2.05, 4.69) is 5.32 Å². The van der Waals surface area contributed by atoms with Crippen molar-refractivity contribution in [3.8, 4) is 5.75 Å². The Kier molecular flexibility index (Phi) is 5.64. The number of amides is 1. The van der Waals surface area contributed by atoms with Crippen molar-refractivity contribution in [2.45, 2.75) is 24.3 Å². The molecule has 0 bridgehead atoms. The summed E-state index contributed by atoms with van der Waals surface area (Å²) < 4.78 is 33.0. The number of hydrogen-bond donors (Lipinski definition) is 1. The lowest BCUT2D eigenvalue weighted by Gasteiger charge is -2.24. The average molecular weight is 457 g/mol. The van der Waals surface area contributed by atoms with Gasteiger partial charge in [0.25, 0.3) is 15.9 Å². The summed E-state index contributed by atoms with van der Waals surface area (Å²) >= 11 is 5.90. The highest BCUT2D eigenvalue weighted by atomic mass is 35.5. The fourth-order valence-corrected chi connectivity index (χ4v) is 5.53. The number of anilines is 2. The van der Waals surface area contributed by atoms with E-state index in [0.717, 1.165) is 5.56 Å². The summed E-state index contributed by atoms with van der Waals surface area (Å²) in [4.78, 5) is 12.9. The molecule has 3 aromatic rings. The predicted molar refractivity (Wildman–Crippen MR) is 122 cm³/mol. The summed E-state index contributed by atoms with van der Waals surface area (Å²) in [6.07, 6.45) is 0.520. The van der Waals surface area contributed by atoms with Gasteiger partial charge in [-0.25, -0.2) is 8.42 Å². The van der Waals surface area contributed by atoms with E-state index in [0.29, 0.717) is 34.1 Å². The SMILES string of the molecule is COc1ccc(NC(=O)c2ccc3c(c2)C[C@H](C)N3S(=O)(=O)c2ccc(Cl)cc2)cc1. The van der Waals surface area contributed by atoms with Crippen molar-refractivity contribution in [2.24, 2.45) is 0 Å². The van der Waals surface area contributed by atoms with Gasteiger partial charge in [-0.05, 0) is 85.6 Å².